The van der Waals surface area contributed by atoms with E-state index in [1.165, 1.54) is 22.5 Å². The smallest absolute Gasteiger partial charge is 0.171 e. The number of hydrazine groups is 1. The number of hydrogen-bond acceptors (Lipinski definition) is 8. The first-order valence-electron chi connectivity index (χ1n) is 15.7. The Labute approximate surface area is 272 Å². The molecule has 44 heavy (non-hydrogen) atoms. The molecule has 2 heterocycles. The molecule has 0 radical (unpaired) electrons. The number of rotatable bonds is 12. The molecule has 2 aromatic carbocycles. The molecule has 0 unspecified atom stereocenters. The highest BCUT2D eigenvalue weighted by Gasteiger charge is 2.18. The third-order valence-electron chi connectivity index (χ3n) is 6.22. The van der Waals surface area contributed by atoms with Crippen LogP contribution in [0.5, 0.6) is 0 Å². The lowest BCUT2D eigenvalue weighted by molar-refractivity contribution is 0.0210. The van der Waals surface area contributed by atoms with E-state index < -0.39 is 0 Å². The largest absolute Gasteiger partial charge is 0.364 e. The van der Waals surface area contributed by atoms with Crippen molar-refractivity contribution in [3.05, 3.63) is 96.0 Å². The highest BCUT2D eigenvalue weighted by atomic mass is 32.1. The molecular weight excluding hydrogens is 565 g/mol. The van der Waals surface area contributed by atoms with Crippen molar-refractivity contribution in [2.24, 2.45) is 0 Å². The molecule has 0 amide bonds. The van der Waals surface area contributed by atoms with Crippen LogP contribution in [0.15, 0.2) is 80.0 Å². The van der Waals surface area contributed by atoms with Crippen LogP contribution in [0, 0.1) is 0 Å². The molecule has 2 N–H and O–H groups in total. The Morgan fingerprint density at radius 3 is 1.91 bits per heavy atom. The number of thiazole rings is 1. The second kappa shape index (κ2) is 25.2. The topological polar surface area (TPSA) is 63.7 Å². The number of fused-ring (bicyclic) bond motifs is 1. The van der Waals surface area contributed by atoms with Crippen LogP contribution in [0.25, 0.3) is 10.6 Å². The van der Waals surface area contributed by atoms with Gasteiger partial charge in [0.25, 0.3) is 0 Å². The Hall–Kier alpha value is -3.14. The third kappa shape index (κ3) is 15.0. The van der Waals surface area contributed by atoms with Crippen LogP contribution in [-0.2, 0) is 13.1 Å². The number of Topliss-reactive ketones (excluding diaryl/α,β-unsaturated/α-hetero) is 1. The fraction of sp³-hybridized carbons (Fsp3) is 0.444. The van der Waals surface area contributed by atoms with Crippen LogP contribution in [-0.4, -0.2) is 74.7 Å². The molecule has 0 saturated heterocycles. The van der Waals surface area contributed by atoms with Gasteiger partial charge >= 0.3 is 0 Å². The predicted molar refractivity (Wildman–Crippen MR) is 195 cm³/mol. The molecule has 0 aliphatic carbocycles. The molecule has 7 nitrogen and oxygen atoms in total. The van der Waals surface area contributed by atoms with E-state index in [0.717, 1.165) is 62.1 Å². The van der Waals surface area contributed by atoms with E-state index >= 15 is 0 Å². The number of likely N-dealkylation sites (N-methyl/N-ethyl adjacent to an activating group) is 2. The molecule has 0 saturated carbocycles. The number of carbonyl (C=O) groups is 1. The number of ketones is 1. The average Bonchev–Trinajstić information content (AvgIpc) is 3.73. The quantitative estimate of drug-likeness (QED) is 0.123. The standard InChI is InChI=1S/C17H18N2OS.C10H14N2.C5H14N2.2C2H6/c1-4-10-19(11-5-2)15-8-6-14(7-9-15)17-18-12-16(21-17)13(3)20;1-11(2)12-7-9-5-3-4-6-10(9)8-12;1-3-7-5-4-6-2;2*1-2/h4-9,12H,1-2,10-11H2,3H3;3-6H,7-8H2,1-2H3;6-7H,3-5H2,1-2H3;2*1-2H3. The van der Waals surface area contributed by atoms with Gasteiger partial charge in [0, 0.05) is 77.7 Å². The fourth-order valence-corrected chi connectivity index (χ4v) is 4.79. The monoisotopic (exact) mass is 622 g/mol. The minimum atomic E-state index is 0.0542. The Morgan fingerprint density at radius 2 is 1.50 bits per heavy atom. The number of anilines is 1. The first-order valence-corrected chi connectivity index (χ1v) is 16.5. The van der Waals surface area contributed by atoms with Crippen molar-refractivity contribution >= 4 is 22.8 Å². The summed E-state index contributed by atoms with van der Waals surface area (Å²) < 4.78 is 0. The molecule has 8 heteroatoms. The van der Waals surface area contributed by atoms with Gasteiger partial charge in [-0.3, -0.25) is 4.79 Å². The van der Waals surface area contributed by atoms with Gasteiger partial charge in [0.05, 0.1) is 4.88 Å². The lowest BCUT2D eigenvalue weighted by atomic mass is 10.1. The number of hydrogen-bond donors (Lipinski definition) is 2. The summed E-state index contributed by atoms with van der Waals surface area (Å²) in [5, 5.41) is 11.6. The van der Waals surface area contributed by atoms with Gasteiger partial charge in [0.2, 0.25) is 0 Å². The van der Waals surface area contributed by atoms with Gasteiger partial charge in [-0.25, -0.2) is 15.0 Å². The summed E-state index contributed by atoms with van der Waals surface area (Å²) in [5.74, 6) is 0.0542. The molecule has 0 fully saturated rings. The maximum Gasteiger partial charge on any atom is 0.171 e. The summed E-state index contributed by atoms with van der Waals surface area (Å²) in [6, 6.07) is 16.8. The summed E-state index contributed by atoms with van der Waals surface area (Å²) in [7, 11) is 6.13. The van der Waals surface area contributed by atoms with Crippen LogP contribution < -0.4 is 15.5 Å². The Morgan fingerprint density at radius 1 is 0.955 bits per heavy atom. The van der Waals surface area contributed by atoms with E-state index in [2.05, 4.69) is 101 Å². The number of benzene rings is 2. The maximum absolute atomic E-state index is 11.3. The van der Waals surface area contributed by atoms with E-state index in [1.807, 2.05) is 59.0 Å². The molecule has 1 aromatic heterocycles. The maximum atomic E-state index is 11.3. The van der Waals surface area contributed by atoms with Crippen LogP contribution >= 0.6 is 11.3 Å². The second-order valence-electron chi connectivity index (χ2n) is 9.51. The zero-order valence-corrected chi connectivity index (χ0v) is 29.6. The predicted octanol–water partition coefficient (Wildman–Crippen LogP) is 7.54. The Bertz CT molecular complexity index is 1140. The molecule has 3 aromatic rings. The summed E-state index contributed by atoms with van der Waals surface area (Å²) >= 11 is 1.42. The summed E-state index contributed by atoms with van der Waals surface area (Å²) in [6.45, 7) is 26.1. The van der Waals surface area contributed by atoms with Crippen molar-refractivity contribution in [2.45, 2.75) is 54.6 Å². The van der Waals surface area contributed by atoms with Crippen molar-refractivity contribution < 1.29 is 4.79 Å². The van der Waals surface area contributed by atoms with Gasteiger partial charge in [-0.2, -0.15) is 0 Å². The average molecular weight is 623 g/mol. The molecule has 4 rings (SSSR count). The third-order valence-corrected chi connectivity index (χ3v) is 7.37. The molecular formula is C36H58N6OS. The number of carbonyl (C=O) groups excluding carboxylic acids is 1. The first kappa shape index (κ1) is 40.9. The van der Waals surface area contributed by atoms with Crippen molar-refractivity contribution in [1.82, 2.24) is 25.6 Å². The summed E-state index contributed by atoms with van der Waals surface area (Å²) in [6.07, 6.45) is 5.38. The zero-order chi connectivity index (χ0) is 33.3. The van der Waals surface area contributed by atoms with Crippen molar-refractivity contribution in [3.63, 3.8) is 0 Å². The van der Waals surface area contributed by atoms with E-state index in [-0.39, 0.29) is 5.78 Å². The highest BCUT2D eigenvalue weighted by Crippen LogP contribution is 2.27. The van der Waals surface area contributed by atoms with E-state index in [9.17, 15) is 4.79 Å². The van der Waals surface area contributed by atoms with Gasteiger partial charge in [-0.1, -0.05) is 71.0 Å². The van der Waals surface area contributed by atoms with Crippen LogP contribution in [0.2, 0.25) is 0 Å². The number of nitrogens with zero attached hydrogens (tertiary/aromatic N) is 4. The van der Waals surface area contributed by atoms with Gasteiger partial charge in [-0.05, 0) is 49.0 Å². The highest BCUT2D eigenvalue weighted by molar-refractivity contribution is 7.16. The normalized spacial score (nSPS) is 11.2. The Balaban J connectivity index is 0.000000676. The summed E-state index contributed by atoms with van der Waals surface area (Å²) in [4.78, 5) is 18.5. The van der Waals surface area contributed by atoms with Crippen LogP contribution in [0.4, 0.5) is 5.69 Å². The first-order chi connectivity index (χ1) is 21.3. The molecule has 0 atom stereocenters. The molecule has 0 bridgehead atoms. The van der Waals surface area contributed by atoms with Crippen molar-refractivity contribution in [3.8, 4) is 10.6 Å². The van der Waals surface area contributed by atoms with Crippen molar-refractivity contribution in [2.75, 3.05) is 58.8 Å². The minimum Gasteiger partial charge on any atom is -0.364 e. The lowest BCUT2D eigenvalue weighted by Crippen LogP contribution is -2.31. The number of nitrogens with one attached hydrogen (secondary N) is 2. The minimum absolute atomic E-state index is 0.0542. The van der Waals surface area contributed by atoms with E-state index in [4.69, 9.17) is 0 Å². The molecule has 1 aliphatic heterocycles. The number of aromatic nitrogens is 1. The van der Waals surface area contributed by atoms with E-state index in [0.29, 0.717) is 4.88 Å². The van der Waals surface area contributed by atoms with Gasteiger partial charge in [0.15, 0.2) is 5.78 Å². The molecule has 244 valence electrons. The molecule has 0 spiro atoms. The zero-order valence-electron chi connectivity index (χ0n) is 28.8. The van der Waals surface area contributed by atoms with Gasteiger partial charge < -0.3 is 15.5 Å². The van der Waals surface area contributed by atoms with Crippen molar-refractivity contribution in [1.29, 1.82) is 0 Å². The second-order valence-corrected chi connectivity index (χ2v) is 10.5. The van der Waals surface area contributed by atoms with Gasteiger partial charge in [-0.15, -0.1) is 24.5 Å². The Kier molecular flexibility index (Phi) is 23.4. The van der Waals surface area contributed by atoms with E-state index in [1.54, 1.807) is 13.1 Å². The van der Waals surface area contributed by atoms with Gasteiger partial charge in [0.1, 0.15) is 5.01 Å². The van der Waals surface area contributed by atoms with Crippen LogP contribution in [0.3, 0.4) is 0 Å². The lowest BCUT2D eigenvalue weighted by Gasteiger charge is -2.22. The molecule has 1 aliphatic rings. The summed E-state index contributed by atoms with van der Waals surface area (Å²) in [5.41, 5.74) is 5.06. The SMILES string of the molecule is C=CCN(CC=C)c1ccc(-c2ncc(C(C)=O)s2)cc1.CC.CC.CCNCCNC.CN(C)N1Cc2ccccc2C1. The van der Waals surface area contributed by atoms with Crippen LogP contribution in [0.1, 0.15) is 62.3 Å². The fourth-order valence-electron chi connectivity index (χ4n) is 3.97.